The Morgan fingerprint density at radius 1 is 1.26 bits per heavy atom. The van der Waals surface area contributed by atoms with Crippen molar-refractivity contribution >= 4 is 23.4 Å². The molecule has 0 aliphatic carbocycles. The maximum absolute atomic E-state index is 13.4. The molecule has 6 nitrogen and oxygen atoms in total. The first-order chi connectivity index (χ1) is 15.0. The van der Waals surface area contributed by atoms with Crippen molar-refractivity contribution < 1.29 is 9.53 Å². The van der Waals surface area contributed by atoms with Gasteiger partial charge in [-0.15, -0.1) is 16.8 Å². The number of fused-ring (bicyclic) bond motifs is 1. The van der Waals surface area contributed by atoms with Crippen LogP contribution in [0.2, 0.25) is 0 Å². The summed E-state index contributed by atoms with van der Waals surface area (Å²) in [4.78, 5) is 15.3. The summed E-state index contributed by atoms with van der Waals surface area (Å²) in [6.07, 6.45) is 2.68. The number of methoxy groups -OCH3 is 1. The van der Waals surface area contributed by atoms with Crippen LogP contribution in [0, 0.1) is 0 Å². The molecule has 0 radical (unpaired) electrons. The van der Waals surface area contributed by atoms with Crippen LogP contribution >= 0.6 is 11.8 Å². The summed E-state index contributed by atoms with van der Waals surface area (Å²) in [7, 11) is 1.64. The van der Waals surface area contributed by atoms with Crippen LogP contribution in [-0.4, -0.2) is 39.1 Å². The highest BCUT2D eigenvalue weighted by molar-refractivity contribution is 8.00. The van der Waals surface area contributed by atoms with Gasteiger partial charge in [0.05, 0.1) is 17.9 Å². The van der Waals surface area contributed by atoms with Crippen LogP contribution in [0.1, 0.15) is 19.4 Å². The van der Waals surface area contributed by atoms with E-state index in [1.807, 2.05) is 58.9 Å². The lowest BCUT2D eigenvalue weighted by Crippen LogP contribution is -2.40. The highest BCUT2D eigenvalue weighted by Crippen LogP contribution is 2.36. The van der Waals surface area contributed by atoms with E-state index in [1.165, 1.54) is 17.3 Å². The number of nitrogens with zero attached hydrogens (tertiary/aromatic N) is 4. The normalized spacial score (nSPS) is 16.1. The van der Waals surface area contributed by atoms with Crippen LogP contribution in [-0.2, 0) is 17.8 Å². The molecular weight excluding hydrogens is 408 g/mol. The predicted octanol–water partition coefficient (Wildman–Crippen LogP) is 4.60. The first kappa shape index (κ1) is 21.2. The minimum absolute atomic E-state index is 0.0782. The average molecular weight is 435 g/mol. The number of carbonyl (C=O) groups excluding carboxylic acids is 1. The van der Waals surface area contributed by atoms with E-state index in [0.717, 1.165) is 23.4 Å². The van der Waals surface area contributed by atoms with Gasteiger partial charge in [0.2, 0.25) is 5.91 Å². The van der Waals surface area contributed by atoms with Crippen LogP contribution in [0.4, 0.5) is 5.69 Å². The van der Waals surface area contributed by atoms with Crippen molar-refractivity contribution in [2.45, 2.75) is 43.3 Å². The van der Waals surface area contributed by atoms with E-state index >= 15 is 0 Å². The number of para-hydroxylation sites is 2. The van der Waals surface area contributed by atoms with Gasteiger partial charge >= 0.3 is 0 Å². The van der Waals surface area contributed by atoms with Crippen molar-refractivity contribution in [2.24, 2.45) is 0 Å². The standard InChI is InChI=1S/C24H26N4O2S/c1-5-14-27-22(19-11-7-9-13-21(19)30-4)25-26-24(27)31-17(3)23(29)28-16(2)15-18-10-6-8-12-20(18)28/h5-13,16-17H,1,14-15H2,2-4H3/t16-,17+/m0/s1. The molecule has 0 saturated carbocycles. The molecule has 1 aliphatic rings. The Balaban J connectivity index is 1.61. The second-order valence-corrected chi connectivity index (χ2v) is 8.86. The molecule has 1 aliphatic heterocycles. The summed E-state index contributed by atoms with van der Waals surface area (Å²) >= 11 is 1.42. The summed E-state index contributed by atoms with van der Waals surface area (Å²) in [6.45, 7) is 8.43. The molecular formula is C24H26N4O2S. The quantitative estimate of drug-likeness (QED) is 0.402. The van der Waals surface area contributed by atoms with Crippen molar-refractivity contribution in [3.8, 4) is 17.1 Å². The predicted molar refractivity (Wildman–Crippen MR) is 125 cm³/mol. The van der Waals surface area contributed by atoms with E-state index in [1.54, 1.807) is 13.2 Å². The van der Waals surface area contributed by atoms with Gasteiger partial charge in [0.15, 0.2) is 11.0 Å². The van der Waals surface area contributed by atoms with E-state index in [9.17, 15) is 4.79 Å². The van der Waals surface area contributed by atoms with Gasteiger partial charge in [-0.2, -0.15) is 0 Å². The largest absolute Gasteiger partial charge is 0.496 e. The molecule has 1 amide bonds. The zero-order valence-electron chi connectivity index (χ0n) is 18.0. The Morgan fingerprint density at radius 3 is 2.77 bits per heavy atom. The number of hydrogen-bond acceptors (Lipinski definition) is 5. The minimum atomic E-state index is -0.313. The maximum Gasteiger partial charge on any atom is 0.240 e. The second-order valence-electron chi connectivity index (χ2n) is 7.56. The molecule has 0 unspecified atom stereocenters. The lowest BCUT2D eigenvalue weighted by molar-refractivity contribution is -0.118. The molecule has 0 bridgehead atoms. The number of carbonyl (C=O) groups is 1. The van der Waals surface area contributed by atoms with Crippen molar-refractivity contribution in [3.05, 3.63) is 66.7 Å². The molecule has 0 fully saturated rings. The Kier molecular flexibility index (Phi) is 6.13. The molecule has 2 heterocycles. The third-order valence-electron chi connectivity index (χ3n) is 5.45. The fourth-order valence-corrected chi connectivity index (χ4v) is 4.91. The molecule has 2 aromatic carbocycles. The third-order valence-corrected chi connectivity index (χ3v) is 6.52. The summed E-state index contributed by atoms with van der Waals surface area (Å²) in [6, 6.07) is 16.0. The van der Waals surface area contributed by atoms with E-state index in [0.29, 0.717) is 17.5 Å². The summed E-state index contributed by atoms with van der Waals surface area (Å²) in [5, 5.41) is 9.18. The SMILES string of the molecule is C=CCn1c(S[C@H](C)C(=O)N2c3ccccc3C[C@@H]2C)nnc1-c1ccccc1OC. The van der Waals surface area contributed by atoms with Crippen LogP contribution in [0.15, 0.2) is 66.3 Å². The zero-order valence-corrected chi connectivity index (χ0v) is 18.8. The summed E-state index contributed by atoms with van der Waals surface area (Å²) in [5.74, 6) is 1.50. The number of amides is 1. The Bertz CT molecular complexity index is 1110. The third kappa shape index (κ3) is 3.97. The first-order valence-corrected chi connectivity index (χ1v) is 11.2. The van der Waals surface area contributed by atoms with Gasteiger partial charge in [-0.25, -0.2) is 0 Å². The van der Waals surface area contributed by atoms with Crippen LogP contribution in [0.3, 0.4) is 0 Å². The number of aromatic nitrogens is 3. The Labute approximate surface area is 186 Å². The van der Waals surface area contributed by atoms with Crippen LogP contribution in [0.5, 0.6) is 5.75 Å². The number of thioether (sulfide) groups is 1. The number of allylic oxidation sites excluding steroid dienone is 1. The highest BCUT2D eigenvalue weighted by Gasteiger charge is 2.34. The lowest BCUT2D eigenvalue weighted by Gasteiger charge is -2.25. The van der Waals surface area contributed by atoms with Gasteiger partial charge in [0.1, 0.15) is 5.75 Å². The topological polar surface area (TPSA) is 60.2 Å². The Morgan fingerprint density at radius 2 is 2.00 bits per heavy atom. The lowest BCUT2D eigenvalue weighted by atomic mass is 10.1. The van der Waals surface area contributed by atoms with Crippen molar-refractivity contribution in [1.82, 2.24) is 14.8 Å². The molecule has 1 aromatic heterocycles. The van der Waals surface area contributed by atoms with Gasteiger partial charge in [-0.3, -0.25) is 9.36 Å². The van der Waals surface area contributed by atoms with Crippen molar-refractivity contribution in [2.75, 3.05) is 12.0 Å². The van der Waals surface area contributed by atoms with Crippen LogP contribution < -0.4 is 9.64 Å². The zero-order chi connectivity index (χ0) is 22.0. The highest BCUT2D eigenvalue weighted by atomic mass is 32.2. The molecule has 0 spiro atoms. The van der Waals surface area contributed by atoms with Gasteiger partial charge in [0, 0.05) is 18.3 Å². The molecule has 2 atom stereocenters. The fourth-order valence-electron chi connectivity index (χ4n) is 4.00. The van der Waals surface area contributed by atoms with E-state index < -0.39 is 0 Å². The number of rotatable bonds is 7. The van der Waals surface area contributed by atoms with E-state index in [-0.39, 0.29) is 17.2 Å². The van der Waals surface area contributed by atoms with E-state index in [2.05, 4.69) is 29.8 Å². The number of hydrogen-bond donors (Lipinski definition) is 0. The van der Waals surface area contributed by atoms with E-state index in [4.69, 9.17) is 4.74 Å². The molecule has 4 rings (SSSR count). The molecule has 0 saturated heterocycles. The molecule has 31 heavy (non-hydrogen) atoms. The molecule has 7 heteroatoms. The second kappa shape index (κ2) is 8.98. The van der Waals surface area contributed by atoms with Gasteiger partial charge in [0.25, 0.3) is 0 Å². The van der Waals surface area contributed by atoms with Crippen molar-refractivity contribution in [1.29, 1.82) is 0 Å². The van der Waals surface area contributed by atoms with Crippen LogP contribution in [0.25, 0.3) is 11.4 Å². The van der Waals surface area contributed by atoms with Gasteiger partial charge in [-0.05, 0) is 44.0 Å². The van der Waals surface area contributed by atoms with Crippen molar-refractivity contribution in [3.63, 3.8) is 0 Å². The summed E-state index contributed by atoms with van der Waals surface area (Å²) < 4.78 is 7.47. The maximum atomic E-state index is 13.4. The monoisotopic (exact) mass is 434 g/mol. The number of ether oxygens (including phenoxy) is 1. The molecule has 3 aromatic rings. The molecule has 160 valence electrons. The van der Waals surface area contributed by atoms with Gasteiger partial charge in [-0.1, -0.05) is 48.2 Å². The average Bonchev–Trinajstić information content (AvgIpc) is 3.33. The molecule has 0 N–H and O–H groups in total. The Hall–Kier alpha value is -3.06. The smallest absolute Gasteiger partial charge is 0.240 e. The minimum Gasteiger partial charge on any atom is -0.496 e. The van der Waals surface area contributed by atoms with Gasteiger partial charge < -0.3 is 9.64 Å². The fraction of sp³-hybridized carbons (Fsp3) is 0.292. The summed E-state index contributed by atoms with van der Waals surface area (Å²) in [5.41, 5.74) is 3.08. The number of benzene rings is 2. The first-order valence-electron chi connectivity index (χ1n) is 10.3. The number of anilines is 1.